The molecule has 0 radical (unpaired) electrons. The van der Waals surface area contributed by atoms with Crippen LogP contribution in [0.25, 0.3) is 0 Å². The molecule has 2 unspecified atom stereocenters. The van der Waals surface area contributed by atoms with Crippen LogP contribution in [0.5, 0.6) is 0 Å². The maximum absolute atomic E-state index is 13.6. The van der Waals surface area contributed by atoms with Crippen LogP contribution in [-0.2, 0) is 9.59 Å². The largest absolute Gasteiger partial charge is 0.329 e. The number of carbonyl (C=O) groups is 2. The average molecular weight is 290 g/mol. The molecule has 1 aromatic rings. The fourth-order valence-electron chi connectivity index (χ4n) is 3.32. The van der Waals surface area contributed by atoms with Gasteiger partial charge in [-0.1, -0.05) is 6.07 Å². The van der Waals surface area contributed by atoms with Crippen molar-refractivity contribution in [2.75, 3.05) is 11.4 Å². The van der Waals surface area contributed by atoms with Crippen molar-refractivity contribution >= 4 is 17.5 Å². The van der Waals surface area contributed by atoms with Crippen molar-refractivity contribution in [2.24, 2.45) is 0 Å². The Morgan fingerprint density at radius 1 is 1.19 bits per heavy atom. The number of hydrogen-bond acceptors (Lipinski definition) is 2. The quantitative estimate of drug-likeness (QED) is 0.796. The van der Waals surface area contributed by atoms with E-state index in [1.807, 2.05) is 6.92 Å². The molecule has 4 nitrogen and oxygen atoms in total. The van der Waals surface area contributed by atoms with Gasteiger partial charge in [-0.05, 0) is 50.8 Å². The van der Waals surface area contributed by atoms with Crippen LogP contribution >= 0.6 is 0 Å². The number of piperidine rings is 1. The minimum absolute atomic E-state index is 0.0389. The van der Waals surface area contributed by atoms with Crippen LogP contribution in [0, 0.1) is 12.7 Å². The first-order chi connectivity index (χ1) is 10.0. The summed E-state index contributed by atoms with van der Waals surface area (Å²) in [6, 6.07) is 3.39. The summed E-state index contributed by atoms with van der Waals surface area (Å²) in [5.74, 6) is -0.521. The molecule has 0 N–H and O–H groups in total. The molecule has 2 saturated heterocycles. The first kappa shape index (κ1) is 14.0. The van der Waals surface area contributed by atoms with Gasteiger partial charge in [0.05, 0.1) is 5.69 Å². The van der Waals surface area contributed by atoms with Gasteiger partial charge < -0.3 is 4.90 Å². The minimum atomic E-state index is -0.577. The summed E-state index contributed by atoms with van der Waals surface area (Å²) in [6.45, 7) is 4.19. The van der Waals surface area contributed by atoms with Crippen molar-refractivity contribution in [3.8, 4) is 0 Å². The third-order valence-electron chi connectivity index (χ3n) is 4.48. The molecular weight excluding hydrogens is 271 g/mol. The molecule has 0 bridgehead atoms. The van der Waals surface area contributed by atoms with Gasteiger partial charge in [0.2, 0.25) is 5.91 Å². The number of hydrogen-bond donors (Lipinski definition) is 0. The second kappa shape index (κ2) is 5.13. The molecule has 0 aromatic heterocycles. The molecular formula is C16H19FN2O2. The Bertz CT molecular complexity index is 602. The van der Waals surface area contributed by atoms with Gasteiger partial charge in [0.1, 0.15) is 17.9 Å². The van der Waals surface area contributed by atoms with Gasteiger partial charge in [0, 0.05) is 6.54 Å². The van der Waals surface area contributed by atoms with E-state index in [1.165, 1.54) is 17.0 Å². The zero-order valence-corrected chi connectivity index (χ0v) is 12.3. The summed E-state index contributed by atoms with van der Waals surface area (Å²) in [5.41, 5.74) is 1.31. The van der Waals surface area contributed by atoms with E-state index in [2.05, 4.69) is 0 Å². The van der Waals surface area contributed by atoms with Gasteiger partial charge in [-0.2, -0.15) is 0 Å². The number of rotatable bonds is 1. The van der Waals surface area contributed by atoms with Crippen molar-refractivity contribution < 1.29 is 14.0 Å². The van der Waals surface area contributed by atoms with Gasteiger partial charge in [-0.3, -0.25) is 14.5 Å². The molecule has 2 fully saturated rings. The molecule has 5 heteroatoms. The van der Waals surface area contributed by atoms with E-state index < -0.39 is 11.9 Å². The third kappa shape index (κ3) is 2.20. The van der Waals surface area contributed by atoms with E-state index in [0.717, 1.165) is 18.4 Å². The van der Waals surface area contributed by atoms with Gasteiger partial charge in [-0.15, -0.1) is 0 Å². The summed E-state index contributed by atoms with van der Waals surface area (Å²) < 4.78 is 13.6. The summed E-state index contributed by atoms with van der Waals surface area (Å²) in [7, 11) is 0. The number of aryl methyl sites for hydroxylation is 1. The Morgan fingerprint density at radius 2 is 1.95 bits per heavy atom. The van der Waals surface area contributed by atoms with E-state index in [0.29, 0.717) is 18.7 Å². The van der Waals surface area contributed by atoms with Crippen LogP contribution in [0.3, 0.4) is 0 Å². The predicted octanol–water partition coefficient (Wildman–Crippen LogP) is 2.25. The molecule has 112 valence electrons. The highest BCUT2D eigenvalue weighted by Gasteiger charge is 2.45. The summed E-state index contributed by atoms with van der Waals surface area (Å²) in [5, 5.41) is 0. The Kier molecular flexibility index (Phi) is 3.43. The van der Waals surface area contributed by atoms with Crippen molar-refractivity contribution in [3.63, 3.8) is 0 Å². The Morgan fingerprint density at radius 3 is 2.71 bits per heavy atom. The lowest BCUT2D eigenvalue weighted by Crippen LogP contribution is -2.65. The molecule has 2 heterocycles. The highest BCUT2D eigenvalue weighted by molar-refractivity contribution is 6.08. The molecule has 0 aliphatic carbocycles. The van der Waals surface area contributed by atoms with Crippen molar-refractivity contribution in [3.05, 3.63) is 29.6 Å². The SMILES string of the molecule is Cc1ccc(F)cc1N1C(=O)C2CCCCN2C(=O)C1C. The Balaban J connectivity index is 2.03. The number of carbonyl (C=O) groups excluding carboxylic acids is 2. The first-order valence-electron chi connectivity index (χ1n) is 7.40. The highest BCUT2D eigenvalue weighted by Crippen LogP contribution is 2.32. The van der Waals surface area contributed by atoms with Crippen molar-refractivity contribution in [2.45, 2.75) is 45.2 Å². The fourth-order valence-corrected chi connectivity index (χ4v) is 3.32. The molecule has 0 spiro atoms. The average Bonchev–Trinajstić information content (AvgIpc) is 2.49. The highest BCUT2D eigenvalue weighted by atomic mass is 19.1. The lowest BCUT2D eigenvalue weighted by molar-refractivity contribution is -0.147. The van der Waals surface area contributed by atoms with Crippen molar-refractivity contribution in [1.82, 2.24) is 4.90 Å². The van der Waals surface area contributed by atoms with Crippen LogP contribution < -0.4 is 4.90 Å². The smallest absolute Gasteiger partial charge is 0.250 e. The monoisotopic (exact) mass is 290 g/mol. The number of amides is 2. The Labute approximate surface area is 123 Å². The second-order valence-electron chi connectivity index (χ2n) is 5.86. The number of benzene rings is 1. The maximum atomic E-state index is 13.6. The zero-order chi connectivity index (χ0) is 15.1. The maximum Gasteiger partial charge on any atom is 0.250 e. The van der Waals surface area contributed by atoms with E-state index in [1.54, 1.807) is 17.9 Å². The molecule has 1 aromatic carbocycles. The van der Waals surface area contributed by atoms with Gasteiger partial charge >= 0.3 is 0 Å². The molecule has 0 saturated carbocycles. The van der Waals surface area contributed by atoms with E-state index >= 15 is 0 Å². The number of anilines is 1. The van der Waals surface area contributed by atoms with E-state index in [-0.39, 0.29) is 17.9 Å². The number of nitrogens with zero attached hydrogens (tertiary/aromatic N) is 2. The first-order valence-corrected chi connectivity index (χ1v) is 7.40. The number of halogens is 1. The Hall–Kier alpha value is -1.91. The topological polar surface area (TPSA) is 40.6 Å². The molecule has 2 amide bonds. The van der Waals surface area contributed by atoms with Crippen LogP contribution in [0.2, 0.25) is 0 Å². The summed E-state index contributed by atoms with van der Waals surface area (Å²) in [4.78, 5) is 28.5. The van der Waals surface area contributed by atoms with Crippen LogP contribution in [0.15, 0.2) is 18.2 Å². The number of piperazine rings is 1. The minimum Gasteiger partial charge on any atom is -0.329 e. The third-order valence-corrected chi connectivity index (χ3v) is 4.48. The molecule has 2 aliphatic rings. The lowest BCUT2D eigenvalue weighted by Gasteiger charge is -2.46. The molecule has 2 atom stereocenters. The van der Waals surface area contributed by atoms with Crippen molar-refractivity contribution in [1.29, 1.82) is 0 Å². The van der Waals surface area contributed by atoms with Gasteiger partial charge in [0.25, 0.3) is 5.91 Å². The standard InChI is InChI=1S/C16H19FN2O2/c1-10-6-7-12(17)9-14(10)19-11(2)15(20)18-8-4-3-5-13(18)16(19)21/h6-7,9,11,13H,3-5,8H2,1-2H3. The number of fused-ring (bicyclic) bond motifs is 1. The fraction of sp³-hybridized carbons (Fsp3) is 0.500. The van der Waals surface area contributed by atoms with Gasteiger partial charge in [0.15, 0.2) is 0 Å². The van der Waals surface area contributed by atoms with Crippen LogP contribution in [0.4, 0.5) is 10.1 Å². The molecule has 21 heavy (non-hydrogen) atoms. The second-order valence-corrected chi connectivity index (χ2v) is 5.86. The van der Waals surface area contributed by atoms with E-state index in [9.17, 15) is 14.0 Å². The summed E-state index contributed by atoms with van der Waals surface area (Å²) in [6.07, 6.45) is 2.59. The normalized spacial score (nSPS) is 26.0. The van der Waals surface area contributed by atoms with Crippen LogP contribution in [0.1, 0.15) is 31.7 Å². The lowest BCUT2D eigenvalue weighted by atomic mass is 9.95. The predicted molar refractivity (Wildman–Crippen MR) is 77.4 cm³/mol. The van der Waals surface area contributed by atoms with Crippen LogP contribution in [-0.4, -0.2) is 35.3 Å². The zero-order valence-electron chi connectivity index (χ0n) is 12.3. The van der Waals surface area contributed by atoms with Gasteiger partial charge in [-0.25, -0.2) is 4.39 Å². The summed E-state index contributed by atoms with van der Waals surface area (Å²) >= 11 is 0. The molecule has 3 rings (SSSR count). The molecule has 2 aliphatic heterocycles. The van der Waals surface area contributed by atoms with E-state index in [4.69, 9.17) is 0 Å².